The third kappa shape index (κ3) is 3.28. The second-order valence-corrected chi connectivity index (χ2v) is 4.95. The number of nitrogens with zero attached hydrogens (tertiary/aromatic N) is 3. The molecule has 3 rings (SSSR count). The highest BCUT2D eigenvalue weighted by Crippen LogP contribution is 2.19. The lowest BCUT2D eigenvalue weighted by Crippen LogP contribution is -2.41. The minimum Gasteiger partial charge on any atom is -0.378 e. The first kappa shape index (κ1) is 13.8. The summed E-state index contributed by atoms with van der Waals surface area (Å²) < 4.78 is 5.24. The first-order valence-corrected chi connectivity index (χ1v) is 7.14. The van der Waals surface area contributed by atoms with E-state index in [1.165, 1.54) is 0 Å². The molecule has 6 nitrogen and oxygen atoms in total. The van der Waals surface area contributed by atoms with E-state index >= 15 is 0 Å². The van der Waals surface area contributed by atoms with Gasteiger partial charge in [0.25, 0.3) is 0 Å². The summed E-state index contributed by atoms with van der Waals surface area (Å²) >= 11 is 0. The molecule has 1 fully saturated rings. The summed E-state index contributed by atoms with van der Waals surface area (Å²) in [5, 5.41) is 13.3. The molecule has 2 aromatic rings. The van der Waals surface area contributed by atoms with Gasteiger partial charge < -0.3 is 15.0 Å². The molecule has 1 amide bonds. The molecule has 1 aromatic heterocycles. The number of benzene rings is 1. The molecule has 0 unspecified atom stereocenters. The van der Waals surface area contributed by atoms with Gasteiger partial charge in [0.2, 0.25) is 5.91 Å². The number of anilines is 1. The highest BCUT2D eigenvalue weighted by Gasteiger charge is 2.16. The number of hydrogen-bond donors (Lipinski definition) is 1. The van der Waals surface area contributed by atoms with Gasteiger partial charge in [0.1, 0.15) is 0 Å². The van der Waals surface area contributed by atoms with E-state index in [0.717, 1.165) is 16.6 Å². The fraction of sp³-hybridized carbons (Fsp3) is 0.400. The second kappa shape index (κ2) is 6.49. The summed E-state index contributed by atoms with van der Waals surface area (Å²) in [5.41, 5.74) is 0. The van der Waals surface area contributed by atoms with E-state index < -0.39 is 0 Å². The van der Waals surface area contributed by atoms with Crippen molar-refractivity contribution in [3.05, 3.63) is 30.5 Å². The molecule has 1 N–H and O–H groups in total. The van der Waals surface area contributed by atoms with E-state index in [1.807, 2.05) is 29.2 Å². The molecule has 21 heavy (non-hydrogen) atoms. The average Bonchev–Trinajstić information content (AvgIpc) is 2.56. The van der Waals surface area contributed by atoms with Crippen molar-refractivity contribution in [2.24, 2.45) is 0 Å². The summed E-state index contributed by atoms with van der Waals surface area (Å²) in [6.07, 6.45) is 2.18. The molecular formula is C15H18N4O2. The Hall–Kier alpha value is -2.21. The van der Waals surface area contributed by atoms with Crippen LogP contribution >= 0.6 is 0 Å². The maximum absolute atomic E-state index is 12.0. The summed E-state index contributed by atoms with van der Waals surface area (Å²) in [6, 6.07) is 7.92. The van der Waals surface area contributed by atoms with Gasteiger partial charge in [0.05, 0.1) is 19.4 Å². The molecule has 1 aliphatic heterocycles. The van der Waals surface area contributed by atoms with Gasteiger partial charge in [-0.15, -0.1) is 5.10 Å². The summed E-state index contributed by atoms with van der Waals surface area (Å²) in [5.74, 6) is 0.877. The number of fused-ring (bicyclic) bond motifs is 1. The minimum atomic E-state index is 0.152. The molecule has 1 saturated heterocycles. The zero-order chi connectivity index (χ0) is 14.5. The number of carbonyl (C=O) groups is 1. The first-order chi connectivity index (χ1) is 10.3. The van der Waals surface area contributed by atoms with Crippen LogP contribution in [0.2, 0.25) is 0 Å². The lowest BCUT2D eigenvalue weighted by molar-refractivity contribution is -0.134. The minimum absolute atomic E-state index is 0.152. The van der Waals surface area contributed by atoms with Crippen molar-refractivity contribution in [3.8, 4) is 0 Å². The van der Waals surface area contributed by atoms with E-state index in [0.29, 0.717) is 39.3 Å². The topological polar surface area (TPSA) is 67.4 Å². The normalized spacial score (nSPS) is 15.1. The molecule has 0 spiro atoms. The number of nitrogens with one attached hydrogen (secondary N) is 1. The predicted molar refractivity (Wildman–Crippen MR) is 80.0 cm³/mol. The maximum Gasteiger partial charge on any atom is 0.224 e. The molecule has 0 saturated carbocycles. The summed E-state index contributed by atoms with van der Waals surface area (Å²) in [6.45, 7) is 3.20. The number of hydrogen-bond acceptors (Lipinski definition) is 5. The molecule has 1 aliphatic rings. The Bertz CT molecular complexity index is 621. The molecule has 0 aliphatic carbocycles. The van der Waals surface area contributed by atoms with Gasteiger partial charge in [-0.3, -0.25) is 4.79 Å². The number of aromatic nitrogens is 2. The standard InChI is InChI=1S/C15H18N4O2/c20-14(19-7-9-21-10-8-19)5-6-16-15-13-4-2-1-3-12(13)11-17-18-15/h1-4,11H,5-10H2,(H,16,18). The quantitative estimate of drug-likeness (QED) is 0.917. The van der Waals surface area contributed by atoms with Crippen molar-refractivity contribution >= 4 is 22.5 Å². The highest BCUT2D eigenvalue weighted by atomic mass is 16.5. The second-order valence-electron chi connectivity index (χ2n) is 4.95. The Morgan fingerprint density at radius 2 is 2.10 bits per heavy atom. The van der Waals surface area contributed by atoms with Gasteiger partial charge >= 0.3 is 0 Å². The fourth-order valence-corrected chi connectivity index (χ4v) is 2.42. The number of rotatable bonds is 4. The smallest absolute Gasteiger partial charge is 0.224 e. The fourth-order valence-electron chi connectivity index (χ4n) is 2.42. The Balaban J connectivity index is 1.58. The number of morpholine rings is 1. The molecule has 0 atom stereocenters. The third-order valence-electron chi connectivity index (χ3n) is 3.57. The van der Waals surface area contributed by atoms with Crippen LogP contribution in [0.25, 0.3) is 10.8 Å². The highest BCUT2D eigenvalue weighted by molar-refractivity contribution is 5.91. The SMILES string of the molecule is O=C(CCNc1nncc2ccccc12)N1CCOCC1. The lowest BCUT2D eigenvalue weighted by atomic mass is 10.2. The molecule has 0 bridgehead atoms. The van der Waals surface area contributed by atoms with Crippen LogP contribution in [0, 0.1) is 0 Å². The predicted octanol–water partition coefficient (Wildman–Crippen LogP) is 1.29. The Kier molecular flexibility index (Phi) is 4.25. The van der Waals surface area contributed by atoms with Crippen molar-refractivity contribution in [1.29, 1.82) is 0 Å². The van der Waals surface area contributed by atoms with Gasteiger partial charge in [-0.05, 0) is 0 Å². The van der Waals surface area contributed by atoms with Crippen LogP contribution in [0.1, 0.15) is 6.42 Å². The Morgan fingerprint density at radius 1 is 1.29 bits per heavy atom. The van der Waals surface area contributed by atoms with E-state index in [-0.39, 0.29) is 5.91 Å². The summed E-state index contributed by atoms with van der Waals surface area (Å²) in [4.78, 5) is 13.9. The van der Waals surface area contributed by atoms with E-state index in [2.05, 4.69) is 15.5 Å². The number of ether oxygens (including phenoxy) is 1. The molecule has 1 aromatic carbocycles. The maximum atomic E-state index is 12.0. The monoisotopic (exact) mass is 286 g/mol. The number of amides is 1. The molecule has 110 valence electrons. The van der Waals surface area contributed by atoms with Gasteiger partial charge in [-0.1, -0.05) is 24.3 Å². The molecule has 6 heteroatoms. The molecule has 2 heterocycles. The van der Waals surface area contributed by atoms with Gasteiger partial charge in [0, 0.05) is 36.8 Å². The van der Waals surface area contributed by atoms with Crippen molar-refractivity contribution < 1.29 is 9.53 Å². The van der Waals surface area contributed by atoms with Crippen LogP contribution in [0.4, 0.5) is 5.82 Å². The van der Waals surface area contributed by atoms with Gasteiger partial charge in [-0.2, -0.15) is 5.10 Å². The van der Waals surface area contributed by atoms with Crippen LogP contribution in [0.15, 0.2) is 30.5 Å². The Labute approximate surface area is 123 Å². The van der Waals surface area contributed by atoms with E-state index in [4.69, 9.17) is 4.74 Å². The van der Waals surface area contributed by atoms with E-state index in [1.54, 1.807) is 6.20 Å². The lowest BCUT2D eigenvalue weighted by Gasteiger charge is -2.26. The first-order valence-electron chi connectivity index (χ1n) is 7.14. The number of carbonyl (C=O) groups excluding carboxylic acids is 1. The summed E-state index contributed by atoms with van der Waals surface area (Å²) in [7, 11) is 0. The van der Waals surface area contributed by atoms with Crippen LogP contribution in [-0.2, 0) is 9.53 Å². The van der Waals surface area contributed by atoms with Crippen molar-refractivity contribution in [1.82, 2.24) is 15.1 Å². The van der Waals surface area contributed by atoms with Crippen molar-refractivity contribution in [2.75, 3.05) is 38.2 Å². The molecule has 0 radical (unpaired) electrons. The van der Waals surface area contributed by atoms with Crippen LogP contribution in [0.3, 0.4) is 0 Å². The van der Waals surface area contributed by atoms with Crippen LogP contribution in [-0.4, -0.2) is 53.9 Å². The Morgan fingerprint density at radius 3 is 2.95 bits per heavy atom. The largest absolute Gasteiger partial charge is 0.378 e. The third-order valence-corrected chi connectivity index (χ3v) is 3.57. The van der Waals surface area contributed by atoms with Crippen LogP contribution in [0.5, 0.6) is 0 Å². The van der Waals surface area contributed by atoms with Crippen molar-refractivity contribution in [2.45, 2.75) is 6.42 Å². The zero-order valence-electron chi connectivity index (χ0n) is 11.8. The van der Waals surface area contributed by atoms with Gasteiger partial charge in [-0.25, -0.2) is 0 Å². The van der Waals surface area contributed by atoms with E-state index in [9.17, 15) is 4.79 Å². The zero-order valence-corrected chi connectivity index (χ0v) is 11.8. The van der Waals surface area contributed by atoms with Gasteiger partial charge in [0.15, 0.2) is 5.82 Å². The molecular weight excluding hydrogens is 268 g/mol. The van der Waals surface area contributed by atoms with Crippen molar-refractivity contribution in [3.63, 3.8) is 0 Å². The average molecular weight is 286 g/mol. The van der Waals surface area contributed by atoms with Crippen LogP contribution < -0.4 is 5.32 Å².